The molecule has 33 heavy (non-hydrogen) atoms. The van der Waals surface area contributed by atoms with Gasteiger partial charge in [-0.1, -0.05) is 0 Å². The molecule has 1 aromatic carbocycles. The Labute approximate surface area is 217 Å². The number of aliphatic imine (C=N–C) groups is 1. The summed E-state index contributed by atoms with van der Waals surface area (Å²) in [5.41, 5.74) is 1.28. The van der Waals surface area contributed by atoms with E-state index in [1.54, 1.807) is 7.11 Å². The molecule has 3 rings (SSSR count). The first-order chi connectivity index (χ1) is 15.8. The normalized spacial score (nSPS) is 18.0. The summed E-state index contributed by atoms with van der Waals surface area (Å²) < 4.78 is 10.7. The van der Waals surface area contributed by atoms with Gasteiger partial charge in [-0.15, -0.1) is 24.0 Å². The van der Waals surface area contributed by atoms with Gasteiger partial charge in [-0.25, -0.2) is 0 Å². The molecule has 188 valence electrons. The highest BCUT2D eigenvalue weighted by molar-refractivity contribution is 14.0. The summed E-state index contributed by atoms with van der Waals surface area (Å²) in [5, 5.41) is 6.87. The van der Waals surface area contributed by atoms with Gasteiger partial charge in [-0.05, 0) is 50.6 Å². The number of methoxy groups -OCH3 is 1. The first-order valence-electron chi connectivity index (χ1n) is 12.2. The van der Waals surface area contributed by atoms with E-state index >= 15 is 0 Å². The fraction of sp³-hybridized carbons (Fsp3) is 0.708. The van der Waals surface area contributed by atoms with E-state index < -0.39 is 0 Å². The second-order valence-electron chi connectivity index (χ2n) is 8.38. The van der Waals surface area contributed by atoms with Crippen LogP contribution in [0.1, 0.15) is 19.8 Å². The number of rotatable bonds is 11. The highest BCUT2D eigenvalue weighted by Crippen LogP contribution is 2.20. The average Bonchev–Trinajstić information content (AvgIpc) is 2.85. The maximum Gasteiger partial charge on any atom is 0.191 e. The highest BCUT2D eigenvalue weighted by atomic mass is 127. The van der Waals surface area contributed by atoms with Gasteiger partial charge in [0.05, 0.1) is 20.3 Å². The zero-order chi connectivity index (χ0) is 22.4. The van der Waals surface area contributed by atoms with Crippen LogP contribution in [0.3, 0.4) is 0 Å². The van der Waals surface area contributed by atoms with Crippen LogP contribution in [0, 0.1) is 0 Å². The van der Waals surface area contributed by atoms with Crippen molar-refractivity contribution in [3.63, 3.8) is 0 Å². The molecule has 2 heterocycles. The van der Waals surface area contributed by atoms with Gasteiger partial charge in [0.1, 0.15) is 5.75 Å². The molecule has 0 unspecified atom stereocenters. The Bertz CT molecular complexity index is 661. The molecule has 8 nitrogen and oxygen atoms in total. The van der Waals surface area contributed by atoms with Crippen LogP contribution in [0.4, 0.5) is 5.69 Å². The van der Waals surface area contributed by atoms with Crippen LogP contribution in [-0.4, -0.2) is 108 Å². The molecular formula is C24H43IN6O2. The quantitative estimate of drug-likeness (QED) is 0.182. The van der Waals surface area contributed by atoms with E-state index in [2.05, 4.69) is 44.4 Å². The van der Waals surface area contributed by atoms with Gasteiger partial charge in [0.15, 0.2) is 5.96 Å². The Morgan fingerprint density at radius 2 is 1.61 bits per heavy atom. The summed E-state index contributed by atoms with van der Waals surface area (Å²) >= 11 is 0. The van der Waals surface area contributed by atoms with Crippen LogP contribution in [0.25, 0.3) is 0 Å². The summed E-state index contributed by atoms with van der Waals surface area (Å²) in [6, 6.07) is 8.39. The minimum Gasteiger partial charge on any atom is -0.497 e. The molecule has 0 bridgehead atoms. The monoisotopic (exact) mass is 574 g/mol. The van der Waals surface area contributed by atoms with Crippen LogP contribution in [0.15, 0.2) is 29.3 Å². The van der Waals surface area contributed by atoms with Crippen molar-refractivity contribution in [2.24, 2.45) is 4.99 Å². The van der Waals surface area contributed by atoms with Crippen molar-refractivity contribution in [3.8, 4) is 5.75 Å². The van der Waals surface area contributed by atoms with Crippen molar-refractivity contribution >= 4 is 35.6 Å². The minimum absolute atomic E-state index is 0. The van der Waals surface area contributed by atoms with E-state index in [1.165, 1.54) is 5.69 Å². The molecule has 0 saturated carbocycles. The first-order valence-corrected chi connectivity index (χ1v) is 12.2. The van der Waals surface area contributed by atoms with Crippen LogP contribution in [0.5, 0.6) is 5.75 Å². The molecular weight excluding hydrogens is 531 g/mol. The van der Waals surface area contributed by atoms with E-state index in [1.807, 2.05) is 12.1 Å². The lowest BCUT2D eigenvalue weighted by atomic mass is 10.2. The molecule has 2 aliphatic heterocycles. The van der Waals surface area contributed by atoms with Gasteiger partial charge >= 0.3 is 0 Å². The van der Waals surface area contributed by atoms with Crippen molar-refractivity contribution in [2.75, 3.05) is 97.2 Å². The zero-order valence-electron chi connectivity index (χ0n) is 20.4. The van der Waals surface area contributed by atoms with Crippen molar-refractivity contribution in [1.82, 2.24) is 20.4 Å². The number of benzene rings is 1. The standard InChI is InChI=1S/C24H42N6O2.HI/c1-3-25-24(27-11-5-13-29-18-20-32-21-19-29)26-10-4-12-28-14-16-30(17-15-28)22-6-8-23(31-2)9-7-22;/h6-9H,3-5,10-21H2,1-2H3,(H2,25,26,27);1H. The fourth-order valence-electron chi connectivity index (χ4n) is 4.18. The molecule has 0 radical (unpaired) electrons. The molecule has 1 aromatic rings. The van der Waals surface area contributed by atoms with Gasteiger partial charge in [-0.2, -0.15) is 0 Å². The van der Waals surface area contributed by atoms with Crippen LogP contribution in [-0.2, 0) is 4.74 Å². The van der Waals surface area contributed by atoms with Gasteiger partial charge in [0.2, 0.25) is 0 Å². The van der Waals surface area contributed by atoms with Crippen molar-refractivity contribution in [3.05, 3.63) is 24.3 Å². The zero-order valence-corrected chi connectivity index (χ0v) is 22.8. The Hall–Kier alpha value is -1.30. The number of piperazine rings is 1. The third-order valence-corrected chi connectivity index (χ3v) is 6.10. The molecule has 0 aliphatic carbocycles. The number of halogens is 1. The number of anilines is 1. The molecule has 0 amide bonds. The molecule has 2 N–H and O–H groups in total. The SMILES string of the molecule is CCNC(=NCCCN1CCOCC1)NCCCN1CCN(c2ccc(OC)cc2)CC1.I. The molecule has 2 saturated heterocycles. The summed E-state index contributed by atoms with van der Waals surface area (Å²) in [6.07, 6.45) is 2.22. The average molecular weight is 575 g/mol. The number of morpholine rings is 1. The number of nitrogens with one attached hydrogen (secondary N) is 2. The smallest absolute Gasteiger partial charge is 0.191 e. The second-order valence-corrected chi connectivity index (χ2v) is 8.38. The lowest BCUT2D eigenvalue weighted by Gasteiger charge is -2.36. The molecule has 2 aliphatic rings. The van der Waals surface area contributed by atoms with Crippen molar-refractivity contribution in [2.45, 2.75) is 19.8 Å². The predicted octanol–water partition coefficient (Wildman–Crippen LogP) is 2.10. The van der Waals surface area contributed by atoms with E-state index in [4.69, 9.17) is 14.5 Å². The summed E-state index contributed by atoms with van der Waals surface area (Å²) in [6.45, 7) is 15.3. The molecule has 0 spiro atoms. The van der Waals surface area contributed by atoms with E-state index in [0.717, 1.165) is 110 Å². The third kappa shape index (κ3) is 10.2. The molecule has 2 fully saturated rings. The largest absolute Gasteiger partial charge is 0.497 e. The summed E-state index contributed by atoms with van der Waals surface area (Å²) in [7, 11) is 1.71. The first kappa shape index (κ1) is 27.9. The lowest BCUT2D eigenvalue weighted by Crippen LogP contribution is -2.47. The number of guanidine groups is 1. The van der Waals surface area contributed by atoms with E-state index in [0.29, 0.717) is 0 Å². The highest BCUT2D eigenvalue weighted by Gasteiger charge is 2.17. The van der Waals surface area contributed by atoms with Crippen molar-refractivity contribution < 1.29 is 9.47 Å². The Kier molecular flexibility index (Phi) is 13.8. The van der Waals surface area contributed by atoms with E-state index in [9.17, 15) is 0 Å². The maximum atomic E-state index is 5.41. The Morgan fingerprint density at radius 1 is 0.939 bits per heavy atom. The lowest BCUT2D eigenvalue weighted by molar-refractivity contribution is 0.0377. The Balaban J connectivity index is 0.00000385. The molecule has 9 heteroatoms. The van der Waals surface area contributed by atoms with Crippen LogP contribution in [0.2, 0.25) is 0 Å². The summed E-state index contributed by atoms with van der Waals surface area (Å²) in [4.78, 5) is 12.2. The third-order valence-electron chi connectivity index (χ3n) is 6.10. The van der Waals surface area contributed by atoms with Gasteiger partial charge in [0, 0.05) is 71.1 Å². The molecule has 0 atom stereocenters. The van der Waals surface area contributed by atoms with Gasteiger partial charge < -0.3 is 25.0 Å². The maximum absolute atomic E-state index is 5.41. The van der Waals surface area contributed by atoms with Crippen LogP contribution < -0.4 is 20.3 Å². The second kappa shape index (κ2) is 16.3. The van der Waals surface area contributed by atoms with Crippen LogP contribution >= 0.6 is 24.0 Å². The Morgan fingerprint density at radius 3 is 2.27 bits per heavy atom. The summed E-state index contributed by atoms with van der Waals surface area (Å²) in [5.74, 6) is 1.86. The fourth-order valence-corrected chi connectivity index (χ4v) is 4.18. The topological polar surface area (TPSA) is 64.6 Å². The molecule has 0 aromatic heterocycles. The number of hydrogen-bond acceptors (Lipinski definition) is 6. The predicted molar refractivity (Wildman–Crippen MR) is 148 cm³/mol. The van der Waals surface area contributed by atoms with Gasteiger partial charge in [0.25, 0.3) is 0 Å². The van der Waals surface area contributed by atoms with Gasteiger partial charge in [-0.3, -0.25) is 14.8 Å². The van der Waals surface area contributed by atoms with E-state index in [-0.39, 0.29) is 24.0 Å². The minimum atomic E-state index is 0. The number of hydrogen-bond donors (Lipinski definition) is 2. The number of ether oxygens (including phenoxy) is 2. The number of nitrogens with zero attached hydrogens (tertiary/aromatic N) is 4. The van der Waals surface area contributed by atoms with Crippen molar-refractivity contribution in [1.29, 1.82) is 0 Å².